The second-order valence-electron chi connectivity index (χ2n) is 4.77. The number of rotatable bonds is 6. The van der Waals surface area contributed by atoms with Crippen LogP contribution in [0.5, 0.6) is 5.75 Å². The van der Waals surface area contributed by atoms with E-state index in [-0.39, 0.29) is 24.7 Å². The first-order valence-corrected chi connectivity index (χ1v) is 6.96. The van der Waals surface area contributed by atoms with Gasteiger partial charge in [0, 0.05) is 18.2 Å². The van der Waals surface area contributed by atoms with Crippen LogP contribution in [-0.2, 0) is 4.79 Å². The molecule has 0 saturated carbocycles. The van der Waals surface area contributed by atoms with Gasteiger partial charge in [0.1, 0.15) is 5.82 Å². The predicted molar refractivity (Wildman–Crippen MR) is 80.9 cm³/mol. The number of carbonyl (C=O) groups excluding carboxylic acids is 1. The van der Waals surface area contributed by atoms with Crippen molar-refractivity contribution in [3.8, 4) is 11.8 Å². The first-order chi connectivity index (χ1) is 11.1. The molecule has 0 fully saturated rings. The third kappa shape index (κ3) is 5.08. The molecule has 2 rings (SSSR count). The molecule has 0 aliphatic rings. The van der Waals surface area contributed by atoms with Crippen LogP contribution < -0.4 is 10.1 Å². The van der Waals surface area contributed by atoms with Crippen LogP contribution in [0.15, 0.2) is 42.5 Å². The summed E-state index contributed by atoms with van der Waals surface area (Å²) in [5, 5.41) is 11.4. The van der Waals surface area contributed by atoms with Crippen molar-refractivity contribution < 1.29 is 18.3 Å². The fourth-order valence-corrected chi connectivity index (χ4v) is 1.90. The molecule has 23 heavy (non-hydrogen) atoms. The monoisotopic (exact) mass is 316 g/mol. The van der Waals surface area contributed by atoms with Crippen LogP contribution in [0.2, 0.25) is 0 Å². The van der Waals surface area contributed by atoms with Crippen molar-refractivity contribution in [1.82, 2.24) is 0 Å². The second kappa shape index (κ2) is 7.90. The van der Waals surface area contributed by atoms with Gasteiger partial charge in [-0.05, 0) is 36.8 Å². The topological polar surface area (TPSA) is 62.1 Å². The van der Waals surface area contributed by atoms with Crippen molar-refractivity contribution in [1.29, 1.82) is 5.26 Å². The standard InChI is InChI=1S/C17H14F2N2O2/c18-13-6-7-16(15(19)10-13)23-8-2-5-17(22)21-14-4-1-3-12(9-14)11-20/h1,3-4,6-7,9-10H,2,5,8H2,(H,21,22). The number of anilines is 1. The molecule has 0 bridgehead atoms. The minimum atomic E-state index is -0.775. The number of halogens is 2. The molecule has 0 atom stereocenters. The lowest BCUT2D eigenvalue weighted by molar-refractivity contribution is -0.116. The largest absolute Gasteiger partial charge is 0.491 e. The lowest BCUT2D eigenvalue weighted by atomic mass is 10.2. The molecule has 2 aromatic rings. The van der Waals surface area contributed by atoms with Crippen LogP contribution in [0.4, 0.5) is 14.5 Å². The van der Waals surface area contributed by atoms with E-state index in [0.29, 0.717) is 17.7 Å². The molecule has 1 amide bonds. The molecule has 0 saturated heterocycles. The summed E-state index contributed by atoms with van der Waals surface area (Å²) in [4.78, 5) is 11.8. The van der Waals surface area contributed by atoms with Crippen molar-refractivity contribution in [2.24, 2.45) is 0 Å². The summed E-state index contributed by atoms with van der Waals surface area (Å²) in [6.45, 7) is 0.133. The van der Waals surface area contributed by atoms with Gasteiger partial charge in [0.05, 0.1) is 18.2 Å². The number of hydrogen-bond acceptors (Lipinski definition) is 3. The highest BCUT2D eigenvalue weighted by atomic mass is 19.1. The Kier molecular flexibility index (Phi) is 5.64. The molecule has 0 unspecified atom stereocenters. The van der Waals surface area contributed by atoms with Gasteiger partial charge in [-0.2, -0.15) is 5.26 Å². The van der Waals surface area contributed by atoms with E-state index in [0.717, 1.165) is 12.1 Å². The van der Waals surface area contributed by atoms with E-state index in [9.17, 15) is 13.6 Å². The summed E-state index contributed by atoms with van der Waals surface area (Å²) < 4.78 is 31.2. The molecule has 0 heterocycles. The average Bonchev–Trinajstić information content (AvgIpc) is 2.53. The number of nitrogens with one attached hydrogen (secondary N) is 1. The zero-order chi connectivity index (χ0) is 16.7. The van der Waals surface area contributed by atoms with Gasteiger partial charge in [0.25, 0.3) is 0 Å². The highest BCUT2D eigenvalue weighted by Gasteiger charge is 2.06. The predicted octanol–water partition coefficient (Wildman–Crippen LogP) is 3.63. The van der Waals surface area contributed by atoms with Crippen molar-refractivity contribution >= 4 is 11.6 Å². The Labute approximate surface area is 132 Å². The van der Waals surface area contributed by atoms with E-state index in [1.807, 2.05) is 6.07 Å². The van der Waals surface area contributed by atoms with Gasteiger partial charge in [-0.1, -0.05) is 6.07 Å². The zero-order valence-electron chi connectivity index (χ0n) is 12.2. The van der Waals surface area contributed by atoms with Gasteiger partial charge >= 0.3 is 0 Å². The van der Waals surface area contributed by atoms with E-state index >= 15 is 0 Å². The number of ether oxygens (including phenoxy) is 1. The lowest BCUT2D eigenvalue weighted by Gasteiger charge is -2.08. The molecule has 0 spiro atoms. The van der Waals surface area contributed by atoms with E-state index < -0.39 is 11.6 Å². The van der Waals surface area contributed by atoms with Crippen molar-refractivity contribution in [2.45, 2.75) is 12.8 Å². The van der Waals surface area contributed by atoms with E-state index in [2.05, 4.69) is 5.32 Å². The Hall–Kier alpha value is -2.94. The molecular formula is C17H14F2N2O2. The normalized spacial score (nSPS) is 9.96. The number of benzene rings is 2. The molecule has 118 valence electrons. The zero-order valence-corrected chi connectivity index (χ0v) is 12.2. The van der Waals surface area contributed by atoms with Gasteiger partial charge in [0.2, 0.25) is 5.91 Å². The molecule has 0 aliphatic heterocycles. The Balaban J connectivity index is 1.75. The molecule has 6 heteroatoms. The van der Waals surface area contributed by atoms with Gasteiger partial charge in [-0.25, -0.2) is 8.78 Å². The summed E-state index contributed by atoms with van der Waals surface area (Å²) in [6.07, 6.45) is 0.556. The molecule has 4 nitrogen and oxygen atoms in total. The molecule has 0 aliphatic carbocycles. The molecule has 1 N–H and O–H groups in total. The van der Waals surface area contributed by atoms with Crippen LogP contribution >= 0.6 is 0 Å². The second-order valence-corrected chi connectivity index (χ2v) is 4.77. The highest BCUT2D eigenvalue weighted by molar-refractivity contribution is 5.90. The smallest absolute Gasteiger partial charge is 0.224 e. The maximum Gasteiger partial charge on any atom is 0.224 e. The van der Waals surface area contributed by atoms with Crippen molar-refractivity contribution in [3.63, 3.8) is 0 Å². The maximum absolute atomic E-state index is 13.3. The summed E-state index contributed by atoms with van der Waals surface area (Å²) in [5.74, 6) is -1.73. The summed E-state index contributed by atoms with van der Waals surface area (Å²) >= 11 is 0. The van der Waals surface area contributed by atoms with Crippen molar-refractivity contribution in [3.05, 3.63) is 59.7 Å². The summed E-state index contributed by atoms with van der Waals surface area (Å²) in [7, 11) is 0. The SMILES string of the molecule is N#Cc1cccc(NC(=O)CCCOc2ccc(F)cc2F)c1. The van der Waals surface area contributed by atoms with Crippen LogP contribution in [0, 0.1) is 23.0 Å². The first kappa shape index (κ1) is 16.4. The lowest BCUT2D eigenvalue weighted by Crippen LogP contribution is -2.13. The minimum Gasteiger partial charge on any atom is -0.491 e. The Morgan fingerprint density at radius 3 is 2.78 bits per heavy atom. The highest BCUT2D eigenvalue weighted by Crippen LogP contribution is 2.18. The van der Waals surface area contributed by atoms with Crippen LogP contribution in [0.1, 0.15) is 18.4 Å². The number of hydrogen-bond donors (Lipinski definition) is 1. The van der Waals surface area contributed by atoms with Gasteiger partial charge in [-0.15, -0.1) is 0 Å². The molecule has 0 aromatic heterocycles. The third-order valence-electron chi connectivity index (χ3n) is 2.98. The fourth-order valence-electron chi connectivity index (χ4n) is 1.90. The van der Waals surface area contributed by atoms with E-state index in [4.69, 9.17) is 10.00 Å². The Bertz CT molecular complexity index is 742. The Morgan fingerprint density at radius 1 is 1.22 bits per heavy atom. The molecule has 0 radical (unpaired) electrons. The van der Waals surface area contributed by atoms with Gasteiger partial charge in [-0.3, -0.25) is 4.79 Å². The first-order valence-electron chi connectivity index (χ1n) is 6.96. The van der Waals surface area contributed by atoms with Crippen LogP contribution in [-0.4, -0.2) is 12.5 Å². The summed E-state index contributed by atoms with van der Waals surface area (Å²) in [5.41, 5.74) is 0.998. The third-order valence-corrected chi connectivity index (χ3v) is 2.98. The minimum absolute atomic E-state index is 0.0477. The van der Waals surface area contributed by atoms with Gasteiger partial charge < -0.3 is 10.1 Å². The number of nitrogens with zero attached hydrogens (tertiary/aromatic N) is 1. The van der Waals surface area contributed by atoms with E-state index in [1.165, 1.54) is 6.07 Å². The number of nitriles is 1. The molecular weight excluding hydrogens is 302 g/mol. The fraction of sp³-hybridized carbons (Fsp3) is 0.176. The van der Waals surface area contributed by atoms with Crippen molar-refractivity contribution in [2.75, 3.05) is 11.9 Å². The number of amides is 1. The average molecular weight is 316 g/mol. The summed E-state index contributed by atoms with van der Waals surface area (Å²) in [6, 6.07) is 11.6. The quantitative estimate of drug-likeness (QED) is 0.828. The molecule has 2 aromatic carbocycles. The van der Waals surface area contributed by atoms with Crippen LogP contribution in [0.3, 0.4) is 0 Å². The van der Waals surface area contributed by atoms with Crippen LogP contribution in [0.25, 0.3) is 0 Å². The van der Waals surface area contributed by atoms with E-state index in [1.54, 1.807) is 24.3 Å². The maximum atomic E-state index is 13.3. The Morgan fingerprint density at radius 2 is 2.04 bits per heavy atom. The van der Waals surface area contributed by atoms with Gasteiger partial charge in [0.15, 0.2) is 11.6 Å². The number of carbonyl (C=O) groups is 1.